The molecule has 0 bridgehead atoms. The lowest BCUT2D eigenvalue weighted by molar-refractivity contribution is 0.153. The minimum absolute atomic E-state index is 0.409. The molecule has 0 saturated carbocycles. The summed E-state index contributed by atoms with van der Waals surface area (Å²) in [5, 5.41) is 7.92. The van der Waals surface area contributed by atoms with Crippen LogP contribution in [0.1, 0.15) is 22.9 Å². The van der Waals surface area contributed by atoms with E-state index >= 15 is 0 Å². The van der Waals surface area contributed by atoms with Gasteiger partial charge in [-0.05, 0) is 24.6 Å². The molecule has 1 aliphatic heterocycles. The Bertz CT molecular complexity index is 563. The quantitative estimate of drug-likeness (QED) is 0.913. The van der Waals surface area contributed by atoms with E-state index in [1.807, 2.05) is 24.1 Å². The first-order chi connectivity index (χ1) is 9.74. The second kappa shape index (κ2) is 5.73. The molecule has 3 heterocycles. The number of aromatic nitrogens is 3. The molecule has 1 saturated heterocycles. The molecule has 0 amide bonds. The Hall–Kier alpha value is -1.72. The molecule has 0 aromatic carbocycles. The highest BCUT2D eigenvalue weighted by Gasteiger charge is 2.24. The number of nitrogens with zero attached hydrogens (tertiary/aromatic N) is 4. The molecule has 1 unspecified atom stereocenters. The Morgan fingerprint density at radius 1 is 1.35 bits per heavy atom. The molecule has 1 atom stereocenters. The van der Waals surface area contributed by atoms with Gasteiger partial charge < -0.3 is 5.32 Å². The molecule has 2 aromatic rings. The summed E-state index contributed by atoms with van der Waals surface area (Å²) in [6, 6.07) is 4.63. The molecule has 0 aliphatic carbocycles. The summed E-state index contributed by atoms with van der Waals surface area (Å²) in [6.07, 6.45) is 5.87. The summed E-state index contributed by atoms with van der Waals surface area (Å²) in [7, 11) is 1.98. The van der Waals surface area contributed by atoms with Gasteiger partial charge in [-0.25, -0.2) is 0 Å². The monoisotopic (exact) mass is 271 g/mol. The molecule has 106 valence electrons. The SMILES string of the molecule is Cc1nn(C)cc1CN1CCNCC1c1ccncc1. The smallest absolute Gasteiger partial charge is 0.0638 e. The summed E-state index contributed by atoms with van der Waals surface area (Å²) in [5.41, 5.74) is 3.77. The average Bonchev–Trinajstić information content (AvgIpc) is 2.78. The second-order valence-electron chi connectivity index (χ2n) is 5.38. The van der Waals surface area contributed by atoms with E-state index in [0.717, 1.165) is 31.9 Å². The van der Waals surface area contributed by atoms with Crippen LogP contribution in [0.4, 0.5) is 0 Å². The molecule has 20 heavy (non-hydrogen) atoms. The van der Waals surface area contributed by atoms with Crippen LogP contribution in [-0.4, -0.2) is 39.3 Å². The summed E-state index contributed by atoms with van der Waals surface area (Å²) >= 11 is 0. The fourth-order valence-electron chi connectivity index (χ4n) is 2.87. The van der Waals surface area contributed by atoms with Gasteiger partial charge in [-0.15, -0.1) is 0 Å². The largest absolute Gasteiger partial charge is 0.314 e. The molecule has 1 aliphatic rings. The average molecular weight is 271 g/mol. The standard InChI is InChI=1S/C15H21N5/c1-12-14(10-19(2)18-12)11-20-8-7-17-9-15(20)13-3-5-16-6-4-13/h3-6,10,15,17H,7-9,11H2,1-2H3. The lowest BCUT2D eigenvalue weighted by Crippen LogP contribution is -2.45. The van der Waals surface area contributed by atoms with Gasteiger partial charge in [0.15, 0.2) is 0 Å². The van der Waals surface area contributed by atoms with Gasteiger partial charge in [-0.2, -0.15) is 5.10 Å². The Kier molecular flexibility index (Phi) is 3.80. The van der Waals surface area contributed by atoms with Crippen molar-refractivity contribution in [2.45, 2.75) is 19.5 Å². The van der Waals surface area contributed by atoms with Gasteiger partial charge in [-0.1, -0.05) is 0 Å². The van der Waals surface area contributed by atoms with Gasteiger partial charge in [0.05, 0.1) is 5.69 Å². The van der Waals surface area contributed by atoms with Crippen molar-refractivity contribution in [1.82, 2.24) is 25.0 Å². The molecule has 2 aromatic heterocycles. The van der Waals surface area contributed by atoms with Crippen molar-refractivity contribution in [3.05, 3.63) is 47.5 Å². The fourth-order valence-corrected chi connectivity index (χ4v) is 2.87. The molecule has 5 heteroatoms. The number of pyridine rings is 1. The molecule has 0 spiro atoms. The Labute approximate surface area is 119 Å². The van der Waals surface area contributed by atoms with Gasteiger partial charge in [0.2, 0.25) is 0 Å². The van der Waals surface area contributed by atoms with Crippen LogP contribution in [-0.2, 0) is 13.6 Å². The highest BCUT2D eigenvalue weighted by atomic mass is 15.3. The van der Waals surface area contributed by atoms with Crippen LogP contribution in [0.2, 0.25) is 0 Å². The number of nitrogens with one attached hydrogen (secondary N) is 1. The van der Waals surface area contributed by atoms with E-state index in [-0.39, 0.29) is 0 Å². The van der Waals surface area contributed by atoms with E-state index in [1.165, 1.54) is 11.1 Å². The van der Waals surface area contributed by atoms with Crippen molar-refractivity contribution in [3.8, 4) is 0 Å². The molecule has 1 fully saturated rings. The van der Waals surface area contributed by atoms with Gasteiger partial charge in [0, 0.05) is 63.4 Å². The topological polar surface area (TPSA) is 46.0 Å². The Morgan fingerprint density at radius 2 is 2.15 bits per heavy atom. The minimum Gasteiger partial charge on any atom is -0.314 e. The zero-order chi connectivity index (χ0) is 13.9. The van der Waals surface area contributed by atoms with E-state index in [4.69, 9.17) is 0 Å². The number of aryl methyl sites for hydroxylation is 2. The van der Waals surface area contributed by atoms with E-state index < -0.39 is 0 Å². The molecular formula is C15H21N5. The van der Waals surface area contributed by atoms with Crippen molar-refractivity contribution in [3.63, 3.8) is 0 Å². The van der Waals surface area contributed by atoms with E-state index in [9.17, 15) is 0 Å². The van der Waals surface area contributed by atoms with E-state index in [0.29, 0.717) is 6.04 Å². The normalized spacial score (nSPS) is 20.2. The lowest BCUT2D eigenvalue weighted by Gasteiger charge is -2.36. The van der Waals surface area contributed by atoms with Gasteiger partial charge in [-0.3, -0.25) is 14.6 Å². The van der Waals surface area contributed by atoms with Crippen molar-refractivity contribution < 1.29 is 0 Å². The van der Waals surface area contributed by atoms with Crippen molar-refractivity contribution in [2.24, 2.45) is 7.05 Å². The maximum atomic E-state index is 4.44. The maximum absolute atomic E-state index is 4.44. The Morgan fingerprint density at radius 3 is 2.85 bits per heavy atom. The van der Waals surface area contributed by atoms with Gasteiger partial charge in [0.25, 0.3) is 0 Å². The third-order valence-electron chi connectivity index (χ3n) is 3.93. The first-order valence-electron chi connectivity index (χ1n) is 7.08. The number of hydrogen-bond donors (Lipinski definition) is 1. The van der Waals surface area contributed by atoms with E-state index in [1.54, 1.807) is 0 Å². The summed E-state index contributed by atoms with van der Waals surface area (Å²) in [5.74, 6) is 0. The summed E-state index contributed by atoms with van der Waals surface area (Å²) in [4.78, 5) is 6.64. The highest BCUT2D eigenvalue weighted by Crippen LogP contribution is 2.24. The van der Waals surface area contributed by atoms with Crippen LogP contribution >= 0.6 is 0 Å². The number of hydrogen-bond acceptors (Lipinski definition) is 4. The second-order valence-corrected chi connectivity index (χ2v) is 5.38. The zero-order valence-corrected chi connectivity index (χ0v) is 12.1. The van der Waals surface area contributed by atoms with Crippen LogP contribution in [0.25, 0.3) is 0 Å². The third kappa shape index (κ3) is 2.73. The van der Waals surface area contributed by atoms with E-state index in [2.05, 4.69) is 45.6 Å². The molecule has 1 N–H and O–H groups in total. The van der Waals surface area contributed by atoms with Crippen LogP contribution < -0.4 is 5.32 Å². The lowest BCUT2D eigenvalue weighted by atomic mass is 10.0. The minimum atomic E-state index is 0.409. The zero-order valence-electron chi connectivity index (χ0n) is 12.1. The Balaban J connectivity index is 1.81. The summed E-state index contributed by atoms with van der Waals surface area (Å²) < 4.78 is 1.90. The van der Waals surface area contributed by atoms with Crippen LogP contribution in [0.5, 0.6) is 0 Å². The molecule has 0 radical (unpaired) electrons. The highest BCUT2D eigenvalue weighted by molar-refractivity contribution is 5.19. The van der Waals surface area contributed by atoms with Crippen molar-refractivity contribution >= 4 is 0 Å². The maximum Gasteiger partial charge on any atom is 0.0638 e. The molecule has 5 nitrogen and oxygen atoms in total. The molecular weight excluding hydrogens is 250 g/mol. The number of rotatable bonds is 3. The fraction of sp³-hybridized carbons (Fsp3) is 0.467. The van der Waals surface area contributed by atoms with Crippen molar-refractivity contribution in [2.75, 3.05) is 19.6 Å². The predicted octanol–water partition coefficient (Wildman–Crippen LogP) is 1.27. The first-order valence-corrected chi connectivity index (χ1v) is 7.08. The van der Waals surface area contributed by atoms with Gasteiger partial charge >= 0.3 is 0 Å². The first kappa shape index (κ1) is 13.3. The van der Waals surface area contributed by atoms with Crippen molar-refractivity contribution in [1.29, 1.82) is 0 Å². The number of piperazine rings is 1. The third-order valence-corrected chi connectivity index (χ3v) is 3.93. The summed E-state index contributed by atoms with van der Waals surface area (Å²) in [6.45, 7) is 6.12. The van der Waals surface area contributed by atoms with Crippen LogP contribution in [0.15, 0.2) is 30.7 Å². The van der Waals surface area contributed by atoms with Crippen LogP contribution in [0.3, 0.4) is 0 Å². The predicted molar refractivity (Wildman–Crippen MR) is 78.2 cm³/mol. The van der Waals surface area contributed by atoms with Gasteiger partial charge in [0.1, 0.15) is 0 Å². The molecule has 3 rings (SSSR count). The van der Waals surface area contributed by atoms with Crippen LogP contribution in [0, 0.1) is 6.92 Å².